The highest BCUT2D eigenvalue weighted by Gasteiger charge is 2.15. The van der Waals surface area contributed by atoms with Crippen LogP contribution in [0.5, 0.6) is 0 Å². The number of benzene rings is 2. The number of amides is 2. The fraction of sp³-hybridized carbons (Fsp3) is 0.176. The maximum Gasteiger partial charge on any atom is 0.313 e. The smallest absolute Gasteiger partial charge is 0.313 e. The van der Waals surface area contributed by atoms with E-state index in [1.165, 1.54) is 24.3 Å². The minimum Gasteiger partial charge on any atom is -0.344 e. The summed E-state index contributed by atoms with van der Waals surface area (Å²) in [4.78, 5) is 23.8. The van der Waals surface area contributed by atoms with Gasteiger partial charge in [0.2, 0.25) is 10.0 Å². The van der Waals surface area contributed by atoms with Crippen LogP contribution in [0.3, 0.4) is 0 Å². The Morgan fingerprint density at radius 1 is 1.00 bits per heavy atom. The number of carbonyl (C=O) groups excluding carboxylic acids is 2. The van der Waals surface area contributed by atoms with Gasteiger partial charge in [0.15, 0.2) is 0 Å². The SMILES string of the molecule is Cc1cccc(NC(=O)C(=O)NCc2ccc(S(N)(=O)=O)cc2)c1C. The molecular weight excluding hydrogens is 342 g/mol. The van der Waals surface area contributed by atoms with Crippen LogP contribution in [0, 0.1) is 13.8 Å². The van der Waals surface area contributed by atoms with Gasteiger partial charge in [-0.1, -0.05) is 24.3 Å². The van der Waals surface area contributed by atoms with Gasteiger partial charge in [0.05, 0.1) is 4.90 Å². The molecule has 2 aromatic carbocycles. The van der Waals surface area contributed by atoms with Crippen molar-refractivity contribution in [1.29, 1.82) is 0 Å². The van der Waals surface area contributed by atoms with Crippen LogP contribution in [-0.4, -0.2) is 20.2 Å². The number of hydrogen-bond donors (Lipinski definition) is 3. The van der Waals surface area contributed by atoms with Crippen molar-refractivity contribution in [3.8, 4) is 0 Å². The van der Waals surface area contributed by atoms with Gasteiger partial charge >= 0.3 is 11.8 Å². The lowest BCUT2D eigenvalue weighted by molar-refractivity contribution is -0.136. The van der Waals surface area contributed by atoms with E-state index in [0.29, 0.717) is 11.3 Å². The number of nitrogens with two attached hydrogens (primary N) is 1. The molecule has 0 saturated carbocycles. The molecule has 0 aliphatic carbocycles. The molecule has 2 amide bonds. The lowest BCUT2D eigenvalue weighted by Gasteiger charge is -2.10. The molecule has 2 aromatic rings. The first-order valence-corrected chi connectivity index (χ1v) is 9.00. The van der Waals surface area contributed by atoms with E-state index in [2.05, 4.69) is 10.6 Å². The van der Waals surface area contributed by atoms with Crippen molar-refractivity contribution < 1.29 is 18.0 Å². The third-order valence-electron chi connectivity index (χ3n) is 3.76. The minimum absolute atomic E-state index is 0.0183. The summed E-state index contributed by atoms with van der Waals surface area (Å²) < 4.78 is 22.4. The summed E-state index contributed by atoms with van der Waals surface area (Å²) in [5.74, 6) is -1.55. The van der Waals surface area contributed by atoms with Crippen molar-refractivity contribution in [2.45, 2.75) is 25.3 Å². The van der Waals surface area contributed by atoms with Crippen molar-refractivity contribution in [1.82, 2.24) is 5.32 Å². The summed E-state index contributed by atoms with van der Waals surface area (Å²) >= 11 is 0. The molecule has 8 heteroatoms. The standard InChI is InChI=1S/C17H19N3O4S/c1-11-4-3-5-15(12(11)2)20-17(22)16(21)19-10-13-6-8-14(9-7-13)25(18,23)24/h3-9H,10H2,1-2H3,(H,19,21)(H,20,22)(H2,18,23,24). The van der Waals surface area contributed by atoms with Gasteiger partial charge in [-0.3, -0.25) is 9.59 Å². The first kappa shape index (κ1) is 18.6. The quantitative estimate of drug-likeness (QED) is 0.709. The zero-order valence-electron chi connectivity index (χ0n) is 13.9. The predicted octanol–water partition coefficient (Wildman–Crippen LogP) is 1.21. The van der Waals surface area contributed by atoms with Gasteiger partial charge in [-0.2, -0.15) is 0 Å². The van der Waals surface area contributed by atoms with Crippen molar-refractivity contribution in [3.05, 3.63) is 59.2 Å². The molecule has 0 aromatic heterocycles. The highest BCUT2D eigenvalue weighted by atomic mass is 32.2. The largest absolute Gasteiger partial charge is 0.344 e. The van der Waals surface area contributed by atoms with Crippen molar-refractivity contribution in [2.24, 2.45) is 5.14 Å². The molecule has 0 aliphatic heterocycles. The Hall–Kier alpha value is -2.71. The fourth-order valence-electron chi connectivity index (χ4n) is 2.13. The molecule has 0 heterocycles. The fourth-order valence-corrected chi connectivity index (χ4v) is 2.64. The Balaban J connectivity index is 1.95. The van der Waals surface area contributed by atoms with Crippen LogP contribution >= 0.6 is 0 Å². The van der Waals surface area contributed by atoms with Crippen LogP contribution in [0.25, 0.3) is 0 Å². The summed E-state index contributed by atoms with van der Waals surface area (Å²) in [7, 11) is -3.76. The number of rotatable bonds is 4. The van der Waals surface area contributed by atoms with Gasteiger partial charge in [0.1, 0.15) is 0 Å². The number of aryl methyl sites for hydroxylation is 1. The van der Waals surface area contributed by atoms with E-state index in [1.54, 1.807) is 12.1 Å². The zero-order chi connectivity index (χ0) is 18.6. The molecule has 0 unspecified atom stereocenters. The van der Waals surface area contributed by atoms with Crippen LogP contribution in [0.4, 0.5) is 5.69 Å². The Bertz CT molecular complexity index is 906. The lowest BCUT2D eigenvalue weighted by atomic mass is 10.1. The van der Waals surface area contributed by atoms with E-state index in [1.807, 2.05) is 19.9 Å². The predicted molar refractivity (Wildman–Crippen MR) is 94.2 cm³/mol. The summed E-state index contributed by atoms with van der Waals surface area (Å²) in [6.07, 6.45) is 0. The second kappa shape index (κ2) is 7.45. The molecule has 25 heavy (non-hydrogen) atoms. The van der Waals surface area contributed by atoms with Crippen molar-refractivity contribution in [3.63, 3.8) is 0 Å². The van der Waals surface area contributed by atoms with Crippen molar-refractivity contribution >= 4 is 27.5 Å². The van der Waals surface area contributed by atoms with Crippen LogP contribution in [0.1, 0.15) is 16.7 Å². The minimum atomic E-state index is -3.76. The number of carbonyl (C=O) groups is 2. The molecule has 0 aliphatic rings. The first-order valence-electron chi connectivity index (χ1n) is 7.45. The van der Waals surface area contributed by atoms with Crippen LogP contribution < -0.4 is 15.8 Å². The van der Waals surface area contributed by atoms with Gasteiger partial charge in [-0.15, -0.1) is 0 Å². The second-order valence-electron chi connectivity index (χ2n) is 5.57. The highest BCUT2D eigenvalue weighted by molar-refractivity contribution is 7.89. The molecule has 0 atom stereocenters. The van der Waals surface area contributed by atoms with E-state index in [9.17, 15) is 18.0 Å². The average Bonchev–Trinajstić information content (AvgIpc) is 2.56. The summed E-state index contributed by atoms with van der Waals surface area (Å²) in [6, 6.07) is 11.1. The van der Waals surface area contributed by atoms with E-state index in [4.69, 9.17) is 5.14 Å². The zero-order valence-corrected chi connectivity index (χ0v) is 14.7. The van der Waals surface area contributed by atoms with E-state index in [-0.39, 0.29) is 11.4 Å². The van der Waals surface area contributed by atoms with Gasteiger partial charge < -0.3 is 10.6 Å². The number of nitrogens with one attached hydrogen (secondary N) is 2. The topological polar surface area (TPSA) is 118 Å². The van der Waals surface area contributed by atoms with Crippen LogP contribution in [-0.2, 0) is 26.2 Å². The molecular formula is C17H19N3O4S. The number of primary sulfonamides is 1. The summed E-state index contributed by atoms with van der Waals surface area (Å²) in [6.45, 7) is 3.86. The maximum atomic E-state index is 12.0. The monoisotopic (exact) mass is 361 g/mol. The third-order valence-corrected chi connectivity index (χ3v) is 4.69. The number of anilines is 1. The Morgan fingerprint density at radius 2 is 1.64 bits per heavy atom. The summed E-state index contributed by atoms with van der Waals surface area (Å²) in [5.41, 5.74) is 3.12. The molecule has 132 valence electrons. The first-order chi connectivity index (χ1) is 11.7. The number of hydrogen-bond acceptors (Lipinski definition) is 4. The Morgan fingerprint density at radius 3 is 2.24 bits per heavy atom. The summed E-state index contributed by atoms with van der Waals surface area (Å²) in [5, 5.41) is 10.1. The molecule has 2 rings (SSSR count). The maximum absolute atomic E-state index is 12.0. The molecule has 0 spiro atoms. The molecule has 0 bridgehead atoms. The van der Waals surface area contributed by atoms with E-state index >= 15 is 0 Å². The average molecular weight is 361 g/mol. The molecule has 7 nitrogen and oxygen atoms in total. The molecule has 4 N–H and O–H groups in total. The number of sulfonamides is 1. The molecule has 0 fully saturated rings. The lowest BCUT2D eigenvalue weighted by Crippen LogP contribution is -2.35. The normalized spacial score (nSPS) is 11.0. The van der Waals surface area contributed by atoms with Gasteiger partial charge in [0, 0.05) is 12.2 Å². The second-order valence-corrected chi connectivity index (χ2v) is 7.13. The van der Waals surface area contributed by atoms with Gasteiger partial charge in [0.25, 0.3) is 0 Å². The highest BCUT2D eigenvalue weighted by Crippen LogP contribution is 2.17. The third kappa shape index (κ3) is 4.88. The van der Waals surface area contributed by atoms with Gasteiger partial charge in [-0.25, -0.2) is 13.6 Å². The van der Waals surface area contributed by atoms with E-state index < -0.39 is 21.8 Å². The molecule has 0 radical (unpaired) electrons. The Kier molecular flexibility index (Phi) is 5.55. The van der Waals surface area contributed by atoms with Crippen molar-refractivity contribution in [2.75, 3.05) is 5.32 Å². The Labute approximate surface area is 146 Å². The van der Waals surface area contributed by atoms with Gasteiger partial charge in [-0.05, 0) is 48.7 Å². The van der Waals surface area contributed by atoms with Crippen LogP contribution in [0.15, 0.2) is 47.4 Å². The molecule has 0 saturated heterocycles. The van der Waals surface area contributed by atoms with E-state index in [0.717, 1.165) is 11.1 Å². The van der Waals surface area contributed by atoms with Crippen LogP contribution in [0.2, 0.25) is 0 Å².